The third kappa shape index (κ3) is 3.85. The Bertz CT molecular complexity index is 750. The van der Waals surface area contributed by atoms with Crippen molar-refractivity contribution < 1.29 is 9.32 Å². The second-order valence-corrected chi connectivity index (χ2v) is 5.49. The van der Waals surface area contributed by atoms with Crippen LogP contribution >= 0.6 is 0 Å². The van der Waals surface area contributed by atoms with Gasteiger partial charge in [-0.15, -0.1) is 0 Å². The average Bonchev–Trinajstić information content (AvgIpc) is 3.25. The molecule has 6 heteroatoms. The summed E-state index contributed by atoms with van der Waals surface area (Å²) in [4.78, 5) is 12.1. The highest BCUT2D eigenvalue weighted by Gasteiger charge is 2.14. The molecule has 3 aromatic rings. The number of nitrogens with zero attached hydrogens (tertiary/aromatic N) is 3. The number of nitrogens with one attached hydrogen (secondary N) is 1. The van der Waals surface area contributed by atoms with Crippen LogP contribution in [0, 0.1) is 5.92 Å². The number of carbonyl (C=O) groups is 1. The van der Waals surface area contributed by atoms with Crippen LogP contribution in [0.25, 0.3) is 11.3 Å². The van der Waals surface area contributed by atoms with E-state index in [9.17, 15) is 4.79 Å². The summed E-state index contributed by atoms with van der Waals surface area (Å²) in [5, 5.41) is 11.0. The fourth-order valence-corrected chi connectivity index (χ4v) is 2.27. The van der Waals surface area contributed by atoms with Gasteiger partial charge in [0.15, 0.2) is 0 Å². The maximum Gasteiger partial charge on any atom is 0.289 e. The molecule has 0 aliphatic carbocycles. The van der Waals surface area contributed by atoms with E-state index < -0.39 is 0 Å². The van der Waals surface area contributed by atoms with Gasteiger partial charge in [-0.1, -0.05) is 42.4 Å². The summed E-state index contributed by atoms with van der Waals surface area (Å²) in [5.41, 5.74) is 1.57. The van der Waals surface area contributed by atoms with E-state index in [0.29, 0.717) is 12.2 Å². The molecule has 1 amide bonds. The van der Waals surface area contributed by atoms with Crippen LogP contribution < -0.4 is 5.32 Å². The molecule has 2 heterocycles. The number of carbonyl (C=O) groups excluding carboxylic acids is 1. The number of aromatic nitrogens is 3. The van der Waals surface area contributed by atoms with Crippen LogP contribution in [0.3, 0.4) is 0 Å². The van der Waals surface area contributed by atoms with E-state index in [1.165, 1.54) is 0 Å². The molecule has 0 bridgehead atoms. The SMILES string of the molecule is CC(CNC(=O)c1cc(-c2ccccc2)no1)Cn1cccn1. The van der Waals surface area contributed by atoms with E-state index in [-0.39, 0.29) is 17.6 Å². The maximum absolute atomic E-state index is 12.1. The van der Waals surface area contributed by atoms with Crippen LogP contribution in [0.15, 0.2) is 59.4 Å². The number of hydrogen-bond acceptors (Lipinski definition) is 4. The molecule has 2 aromatic heterocycles. The Morgan fingerprint density at radius 3 is 2.87 bits per heavy atom. The summed E-state index contributed by atoms with van der Waals surface area (Å²) < 4.78 is 6.99. The van der Waals surface area contributed by atoms with Crippen molar-refractivity contribution in [2.75, 3.05) is 6.54 Å². The first kappa shape index (κ1) is 15.0. The molecular formula is C17H18N4O2. The first-order valence-electron chi connectivity index (χ1n) is 7.50. The standard InChI is InChI=1S/C17H18N4O2/c1-13(12-21-9-5-8-19-21)11-18-17(22)16-10-15(20-23-16)14-6-3-2-4-7-14/h2-10,13H,11-12H2,1H3,(H,18,22). The van der Waals surface area contributed by atoms with Crippen molar-refractivity contribution in [2.24, 2.45) is 5.92 Å². The molecule has 0 saturated heterocycles. The van der Waals surface area contributed by atoms with E-state index in [1.54, 1.807) is 12.3 Å². The molecule has 0 aliphatic heterocycles. The zero-order chi connectivity index (χ0) is 16.1. The van der Waals surface area contributed by atoms with Crippen LogP contribution in [0.2, 0.25) is 0 Å². The Balaban J connectivity index is 1.55. The third-order valence-corrected chi connectivity index (χ3v) is 3.47. The lowest BCUT2D eigenvalue weighted by Gasteiger charge is -2.11. The van der Waals surface area contributed by atoms with Crippen LogP contribution in [-0.2, 0) is 6.54 Å². The summed E-state index contributed by atoms with van der Waals surface area (Å²) in [7, 11) is 0. The van der Waals surface area contributed by atoms with Crippen molar-refractivity contribution in [3.63, 3.8) is 0 Å². The van der Waals surface area contributed by atoms with Crippen molar-refractivity contribution in [3.05, 3.63) is 60.6 Å². The minimum Gasteiger partial charge on any atom is -0.350 e. The summed E-state index contributed by atoms with van der Waals surface area (Å²) >= 11 is 0. The van der Waals surface area contributed by atoms with Gasteiger partial charge in [-0.3, -0.25) is 9.48 Å². The zero-order valence-corrected chi connectivity index (χ0v) is 12.8. The Labute approximate surface area is 134 Å². The lowest BCUT2D eigenvalue weighted by Crippen LogP contribution is -2.29. The van der Waals surface area contributed by atoms with Crippen molar-refractivity contribution >= 4 is 5.91 Å². The summed E-state index contributed by atoms with van der Waals surface area (Å²) in [6.45, 7) is 3.34. The largest absolute Gasteiger partial charge is 0.350 e. The van der Waals surface area contributed by atoms with E-state index in [4.69, 9.17) is 4.52 Å². The van der Waals surface area contributed by atoms with Gasteiger partial charge in [0.2, 0.25) is 5.76 Å². The third-order valence-electron chi connectivity index (χ3n) is 3.47. The smallest absolute Gasteiger partial charge is 0.289 e. The fourth-order valence-electron chi connectivity index (χ4n) is 2.27. The molecule has 118 valence electrons. The van der Waals surface area contributed by atoms with Gasteiger partial charge in [0.1, 0.15) is 5.69 Å². The molecule has 0 radical (unpaired) electrons. The van der Waals surface area contributed by atoms with Crippen molar-refractivity contribution in [1.82, 2.24) is 20.3 Å². The number of benzene rings is 1. The predicted octanol–water partition coefficient (Wildman–Crippen LogP) is 2.60. The zero-order valence-electron chi connectivity index (χ0n) is 12.8. The van der Waals surface area contributed by atoms with Gasteiger partial charge in [-0.05, 0) is 12.0 Å². The molecule has 0 fully saturated rings. The van der Waals surface area contributed by atoms with Gasteiger partial charge in [-0.25, -0.2) is 0 Å². The number of rotatable bonds is 6. The first-order valence-corrected chi connectivity index (χ1v) is 7.50. The highest BCUT2D eigenvalue weighted by atomic mass is 16.5. The molecule has 0 spiro atoms. The predicted molar refractivity (Wildman–Crippen MR) is 85.7 cm³/mol. The molecule has 6 nitrogen and oxygen atoms in total. The summed E-state index contributed by atoms with van der Waals surface area (Å²) in [5.74, 6) is 0.220. The van der Waals surface area contributed by atoms with E-state index in [1.807, 2.05) is 47.3 Å². The van der Waals surface area contributed by atoms with Crippen LogP contribution in [0.5, 0.6) is 0 Å². The number of amides is 1. The minimum absolute atomic E-state index is 0.218. The van der Waals surface area contributed by atoms with Crippen LogP contribution in [0.1, 0.15) is 17.5 Å². The Kier molecular flexibility index (Phi) is 4.52. The first-order chi connectivity index (χ1) is 11.2. The molecule has 1 atom stereocenters. The molecule has 1 aromatic carbocycles. The molecular weight excluding hydrogens is 292 g/mol. The lowest BCUT2D eigenvalue weighted by molar-refractivity contribution is 0.0909. The Hall–Kier alpha value is -2.89. The van der Waals surface area contributed by atoms with E-state index in [2.05, 4.69) is 22.5 Å². The number of hydrogen-bond donors (Lipinski definition) is 1. The van der Waals surface area contributed by atoms with Gasteiger partial charge in [-0.2, -0.15) is 5.10 Å². The van der Waals surface area contributed by atoms with Crippen molar-refractivity contribution in [2.45, 2.75) is 13.5 Å². The highest BCUT2D eigenvalue weighted by molar-refractivity contribution is 5.92. The Morgan fingerprint density at radius 1 is 1.30 bits per heavy atom. The van der Waals surface area contributed by atoms with E-state index >= 15 is 0 Å². The Morgan fingerprint density at radius 2 is 2.13 bits per heavy atom. The monoisotopic (exact) mass is 310 g/mol. The molecule has 3 rings (SSSR count). The topological polar surface area (TPSA) is 73.0 Å². The summed E-state index contributed by atoms with van der Waals surface area (Å²) in [6.07, 6.45) is 3.64. The molecule has 1 unspecified atom stereocenters. The normalized spacial score (nSPS) is 12.0. The maximum atomic E-state index is 12.1. The second kappa shape index (κ2) is 6.91. The molecule has 0 aliphatic rings. The fraction of sp³-hybridized carbons (Fsp3) is 0.235. The van der Waals surface area contributed by atoms with Gasteiger partial charge in [0.25, 0.3) is 5.91 Å². The van der Waals surface area contributed by atoms with Crippen LogP contribution in [-0.4, -0.2) is 27.4 Å². The second-order valence-electron chi connectivity index (χ2n) is 5.49. The van der Waals surface area contributed by atoms with Gasteiger partial charge < -0.3 is 9.84 Å². The molecule has 1 N–H and O–H groups in total. The highest BCUT2D eigenvalue weighted by Crippen LogP contribution is 2.18. The minimum atomic E-state index is -0.257. The average molecular weight is 310 g/mol. The lowest BCUT2D eigenvalue weighted by atomic mass is 10.1. The van der Waals surface area contributed by atoms with Crippen molar-refractivity contribution in [1.29, 1.82) is 0 Å². The molecule has 23 heavy (non-hydrogen) atoms. The van der Waals surface area contributed by atoms with Gasteiger partial charge in [0.05, 0.1) is 0 Å². The van der Waals surface area contributed by atoms with Gasteiger partial charge in [0, 0.05) is 37.1 Å². The van der Waals surface area contributed by atoms with Crippen LogP contribution in [0.4, 0.5) is 0 Å². The van der Waals surface area contributed by atoms with Crippen molar-refractivity contribution in [3.8, 4) is 11.3 Å². The van der Waals surface area contributed by atoms with E-state index in [0.717, 1.165) is 12.1 Å². The van der Waals surface area contributed by atoms with Gasteiger partial charge >= 0.3 is 0 Å². The summed E-state index contributed by atoms with van der Waals surface area (Å²) in [6, 6.07) is 13.1. The quantitative estimate of drug-likeness (QED) is 0.759. The molecule has 0 saturated carbocycles.